The van der Waals surface area contributed by atoms with E-state index in [2.05, 4.69) is 69.6 Å². The molecule has 4 aromatic rings. The SMILES string of the molecule is C=C(CNc1cccc(C(=O)N[C@@H](C)c2ccc(OCCCCCCOCCOCCOCCCCCC(=O)Nc3cccc4c3CN(C3CCC(=O)NC3=O)C4=O)cc2)c1)N(C)/C(=C\C(CC)C(C)CC)c1ccncn1. The molecule has 0 aliphatic carbocycles. The van der Waals surface area contributed by atoms with E-state index in [0.29, 0.717) is 99.8 Å². The molecule has 2 aliphatic heterocycles. The lowest BCUT2D eigenvalue weighted by Gasteiger charge is -2.29. The van der Waals surface area contributed by atoms with Gasteiger partial charge >= 0.3 is 0 Å². The summed E-state index contributed by atoms with van der Waals surface area (Å²) in [5, 5.41) is 11.8. The Hall–Kier alpha value is -6.95. The van der Waals surface area contributed by atoms with Gasteiger partial charge in [-0.2, -0.15) is 0 Å². The van der Waals surface area contributed by atoms with Crippen molar-refractivity contribution >= 4 is 46.6 Å². The van der Waals surface area contributed by atoms with Gasteiger partial charge in [-0.1, -0.05) is 77.0 Å². The zero-order chi connectivity index (χ0) is 55.7. The molecule has 3 unspecified atom stereocenters. The minimum absolute atomic E-state index is 0.134. The van der Waals surface area contributed by atoms with E-state index in [1.54, 1.807) is 30.7 Å². The Labute approximate surface area is 461 Å². The van der Waals surface area contributed by atoms with Crippen molar-refractivity contribution in [2.75, 3.05) is 70.5 Å². The van der Waals surface area contributed by atoms with Gasteiger partial charge in [-0.15, -0.1) is 0 Å². The molecule has 0 spiro atoms. The molecule has 0 radical (unpaired) electrons. The highest BCUT2D eigenvalue weighted by molar-refractivity contribution is 6.06. The smallest absolute Gasteiger partial charge is 0.255 e. The number of hydrogen-bond acceptors (Lipinski definition) is 13. The Bertz CT molecular complexity index is 2610. The zero-order valence-electron chi connectivity index (χ0n) is 46.5. The number of hydrogen-bond donors (Lipinski definition) is 4. The average molecular weight is 1070 g/mol. The van der Waals surface area contributed by atoms with Crippen LogP contribution in [0.15, 0.2) is 104 Å². The number of nitrogens with one attached hydrogen (secondary N) is 4. The monoisotopic (exact) mass is 1070 g/mol. The first-order valence-electron chi connectivity index (χ1n) is 27.9. The molecule has 4 N–H and O–H groups in total. The van der Waals surface area contributed by atoms with Crippen molar-refractivity contribution in [2.24, 2.45) is 11.8 Å². The summed E-state index contributed by atoms with van der Waals surface area (Å²) in [6.07, 6.45) is 15.0. The molecule has 78 heavy (non-hydrogen) atoms. The molecule has 0 bridgehead atoms. The van der Waals surface area contributed by atoms with Gasteiger partial charge in [0.15, 0.2) is 0 Å². The van der Waals surface area contributed by atoms with E-state index in [1.165, 1.54) is 4.90 Å². The van der Waals surface area contributed by atoms with E-state index in [-0.39, 0.29) is 49.1 Å². The van der Waals surface area contributed by atoms with Crippen LogP contribution >= 0.6 is 0 Å². The quantitative estimate of drug-likeness (QED) is 0.0251. The Morgan fingerprint density at radius 1 is 0.846 bits per heavy atom. The van der Waals surface area contributed by atoms with Crippen LogP contribution < -0.4 is 26.0 Å². The molecule has 1 fully saturated rings. The van der Waals surface area contributed by atoms with Crippen molar-refractivity contribution in [1.82, 2.24) is 30.4 Å². The second kappa shape index (κ2) is 32.1. The minimum Gasteiger partial charge on any atom is -0.494 e. The summed E-state index contributed by atoms with van der Waals surface area (Å²) < 4.78 is 23.1. The number of fused-ring (bicyclic) bond motifs is 1. The molecule has 3 aromatic carbocycles. The number of allylic oxidation sites excluding steroid dienone is 1. The van der Waals surface area contributed by atoms with Gasteiger partial charge < -0.3 is 44.7 Å². The molecule has 3 heterocycles. The highest BCUT2D eigenvalue weighted by Gasteiger charge is 2.40. The summed E-state index contributed by atoms with van der Waals surface area (Å²) in [4.78, 5) is 75.4. The molecule has 4 atom stereocenters. The number of anilines is 2. The number of aromatic nitrogens is 2. The molecular weight excluding hydrogens is 989 g/mol. The molecule has 5 amide bonds. The topological polar surface area (TPSA) is 203 Å². The molecular formula is C61H82N8O9. The van der Waals surface area contributed by atoms with Crippen LogP contribution in [0.4, 0.5) is 11.4 Å². The Morgan fingerprint density at radius 3 is 2.22 bits per heavy atom. The first kappa shape index (κ1) is 60.3. The molecule has 0 saturated carbocycles. The van der Waals surface area contributed by atoms with Gasteiger partial charge in [-0.05, 0) is 118 Å². The van der Waals surface area contributed by atoms with Crippen LogP contribution in [0.2, 0.25) is 0 Å². The predicted molar refractivity (Wildman–Crippen MR) is 303 cm³/mol. The lowest BCUT2D eigenvalue weighted by Crippen LogP contribution is -2.52. The van der Waals surface area contributed by atoms with Crippen molar-refractivity contribution in [3.8, 4) is 5.75 Å². The van der Waals surface area contributed by atoms with E-state index in [9.17, 15) is 24.0 Å². The Morgan fingerprint density at radius 2 is 1.54 bits per heavy atom. The number of piperidine rings is 1. The number of amides is 5. The lowest BCUT2D eigenvalue weighted by atomic mass is 9.88. The van der Waals surface area contributed by atoms with Crippen LogP contribution in [-0.2, 0) is 35.1 Å². The van der Waals surface area contributed by atoms with Gasteiger partial charge in [0.25, 0.3) is 11.8 Å². The Balaban J connectivity index is 0.744. The lowest BCUT2D eigenvalue weighted by molar-refractivity contribution is -0.137. The van der Waals surface area contributed by atoms with Gasteiger partial charge in [0, 0.05) is 79.6 Å². The minimum atomic E-state index is -0.705. The van der Waals surface area contributed by atoms with E-state index in [4.69, 9.17) is 18.9 Å². The largest absolute Gasteiger partial charge is 0.494 e. The van der Waals surface area contributed by atoms with Gasteiger partial charge in [-0.25, -0.2) is 9.97 Å². The van der Waals surface area contributed by atoms with Gasteiger partial charge in [0.2, 0.25) is 17.7 Å². The predicted octanol–water partition coefficient (Wildman–Crippen LogP) is 9.89. The van der Waals surface area contributed by atoms with E-state index in [0.717, 1.165) is 85.5 Å². The first-order chi connectivity index (χ1) is 37.9. The summed E-state index contributed by atoms with van der Waals surface area (Å²) in [5.74, 6) is 0.370. The van der Waals surface area contributed by atoms with Gasteiger partial charge in [0.1, 0.15) is 18.1 Å². The van der Waals surface area contributed by atoms with Crippen LogP contribution in [0.1, 0.15) is 148 Å². The number of benzene rings is 3. The Kier molecular flexibility index (Phi) is 24.8. The van der Waals surface area contributed by atoms with Gasteiger partial charge in [-0.3, -0.25) is 29.3 Å². The van der Waals surface area contributed by atoms with Crippen molar-refractivity contribution < 1.29 is 42.9 Å². The van der Waals surface area contributed by atoms with Crippen molar-refractivity contribution in [3.63, 3.8) is 0 Å². The van der Waals surface area contributed by atoms with Crippen molar-refractivity contribution in [3.05, 3.63) is 132 Å². The molecule has 6 rings (SSSR count). The molecule has 17 heteroatoms. The van der Waals surface area contributed by atoms with Crippen LogP contribution in [0.5, 0.6) is 5.75 Å². The average Bonchev–Trinajstić information content (AvgIpc) is 3.84. The molecule has 1 aromatic heterocycles. The maximum Gasteiger partial charge on any atom is 0.255 e. The van der Waals surface area contributed by atoms with Crippen LogP contribution in [0.25, 0.3) is 5.70 Å². The third-order valence-corrected chi connectivity index (χ3v) is 14.5. The zero-order valence-corrected chi connectivity index (χ0v) is 46.5. The van der Waals surface area contributed by atoms with Crippen molar-refractivity contribution in [2.45, 2.75) is 123 Å². The third-order valence-electron chi connectivity index (χ3n) is 14.5. The summed E-state index contributed by atoms with van der Waals surface area (Å²) >= 11 is 0. The van der Waals surface area contributed by atoms with E-state index in [1.807, 2.05) is 68.6 Å². The summed E-state index contributed by atoms with van der Waals surface area (Å²) in [7, 11) is 2.02. The number of ether oxygens (including phenoxy) is 4. The highest BCUT2D eigenvalue weighted by Crippen LogP contribution is 2.33. The number of unbranched alkanes of at least 4 members (excludes halogenated alkanes) is 5. The number of nitrogens with zero attached hydrogens (tertiary/aromatic N) is 4. The second-order valence-corrected chi connectivity index (χ2v) is 20.1. The first-order valence-corrected chi connectivity index (χ1v) is 27.9. The number of carbonyl (C=O) groups is 5. The summed E-state index contributed by atoms with van der Waals surface area (Å²) in [6, 6.07) is 21.6. The second-order valence-electron chi connectivity index (χ2n) is 20.1. The molecule has 420 valence electrons. The third kappa shape index (κ3) is 18.6. The highest BCUT2D eigenvalue weighted by atomic mass is 16.5. The van der Waals surface area contributed by atoms with Crippen LogP contribution in [-0.4, -0.2) is 115 Å². The normalized spacial score (nSPS) is 15.5. The fourth-order valence-electron chi connectivity index (χ4n) is 9.45. The number of imide groups is 1. The fourth-order valence-corrected chi connectivity index (χ4v) is 9.45. The maximum absolute atomic E-state index is 13.4. The van der Waals surface area contributed by atoms with E-state index >= 15 is 0 Å². The van der Waals surface area contributed by atoms with Crippen LogP contribution in [0.3, 0.4) is 0 Å². The number of rotatable bonds is 35. The summed E-state index contributed by atoms with van der Waals surface area (Å²) in [5.41, 5.74) is 6.81. The molecule has 2 aliphatic rings. The molecule has 17 nitrogen and oxygen atoms in total. The summed E-state index contributed by atoms with van der Waals surface area (Å²) in [6.45, 7) is 17.7. The van der Waals surface area contributed by atoms with Crippen LogP contribution in [0, 0.1) is 11.8 Å². The fraction of sp³-hybridized carbons (Fsp3) is 0.492. The standard InChI is InChI=1S/C61H82N8O9/c1-7-43(3)46(8-2)39-56(54-29-30-62-42-64-54)68(6)44(4)40-63-49-19-16-18-48(38-49)59(72)65-45(5)47-23-25-50(26-24-47)78-33-15-10-9-13-31-75-34-36-77-37-35-76-32-14-11-12-22-57(70)66-53-21-17-20-51-52(53)41-69(61(51)74)55-27-28-58(71)67-60(55)73/h16-21,23-26,29-30,38-39,42-43,45-46,55,63H,4,7-15,22,27-28,31-37,40-41H2,1-3,5-6H3,(H,65,72)(H,66,70)(H,67,71,73)/b56-39-/t43?,45-,46?,55?/m0/s1. The van der Waals surface area contributed by atoms with E-state index < -0.39 is 11.9 Å². The molecule has 1 saturated heterocycles. The number of likely N-dealkylation sites (N-methyl/N-ethyl adjacent to an activating group) is 1. The number of carbonyl (C=O) groups excluding carboxylic acids is 5. The van der Waals surface area contributed by atoms with Crippen molar-refractivity contribution in [1.29, 1.82) is 0 Å². The maximum atomic E-state index is 13.4. The van der Waals surface area contributed by atoms with Gasteiger partial charge in [0.05, 0.1) is 57.0 Å².